The Balaban J connectivity index is 1.97. The van der Waals surface area contributed by atoms with Crippen molar-refractivity contribution >= 4 is 17.6 Å². The van der Waals surface area contributed by atoms with Gasteiger partial charge in [0.25, 0.3) is 5.91 Å². The molecule has 1 aromatic carbocycles. The minimum absolute atomic E-state index is 0.205. The van der Waals surface area contributed by atoms with Gasteiger partial charge in [0.1, 0.15) is 5.76 Å². The first-order chi connectivity index (χ1) is 10.5. The standard InChI is InChI=1S/C16H18N2O4/c1-10(16(20)21-3)8-12-4-6-13(7-5-12)17-15(19)14-9-11(2)22-18-14/h4-7,9-10H,8H2,1-3H3,(H,17,19)/t10-/m0/s1. The fourth-order valence-corrected chi connectivity index (χ4v) is 2.03. The lowest BCUT2D eigenvalue weighted by Crippen LogP contribution is -2.15. The van der Waals surface area contributed by atoms with Gasteiger partial charge < -0.3 is 14.6 Å². The third kappa shape index (κ3) is 3.94. The molecule has 0 saturated heterocycles. The number of hydrogen-bond donors (Lipinski definition) is 1. The lowest BCUT2D eigenvalue weighted by molar-refractivity contribution is -0.144. The number of amides is 1. The first kappa shape index (κ1) is 15.8. The van der Waals surface area contributed by atoms with Crippen molar-refractivity contribution in [1.82, 2.24) is 5.16 Å². The molecule has 22 heavy (non-hydrogen) atoms. The maximum atomic E-state index is 11.9. The summed E-state index contributed by atoms with van der Waals surface area (Å²) in [6.07, 6.45) is 0.587. The van der Waals surface area contributed by atoms with Gasteiger partial charge in [-0.15, -0.1) is 0 Å². The monoisotopic (exact) mass is 302 g/mol. The Bertz CT molecular complexity index is 661. The molecule has 0 aliphatic heterocycles. The van der Waals surface area contributed by atoms with Crippen molar-refractivity contribution < 1.29 is 18.8 Å². The zero-order valence-corrected chi connectivity index (χ0v) is 12.8. The minimum Gasteiger partial charge on any atom is -0.469 e. The summed E-state index contributed by atoms with van der Waals surface area (Å²) in [4.78, 5) is 23.3. The van der Waals surface area contributed by atoms with Gasteiger partial charge in [-0.1, -0.05) is 24.2 Å². The van der Waals surface area contributed by atoms with Crippen LogP contribution >= 0.6 is 0 Å². The normalized spacial score (nSPS) is 11.8. The molecule has 0 saturated carbocycles. The van der Waals surface area contributed by atoms with Gasteiger partial charge in [-0.25, -0.2) is 0 Å². The summed E-state index contributed by atoms with van der Waals surface area (Å²) in [5.41, 5.74) is 1.88. The van der Waals surface area contributed by atoms with Crippen molar-refractivity contribution in [1.29, 1.82) is 0 Å². The number of aromatic nitrogens is 1. The molecule has 6 nitrogen and oxygen atoms in total. The Morgan fingerprint density at radius 3 is 2.55 bits per heavy atom. The fraction of sp³-hybridized carbons (Fsp3) is 0.312. The van der Waals surface area contributed by atoms with Gasteiger partial charge in [-0.3, -0.25) is 9.59 Å². The van der Waals surface area contributed by atoms with Crippen molar-refractivity contribution in [2.24, 2.45) is 5.92 Å². The van der Waals surface area contributed by atoms with Gasteiger partial charge >= 0.3 is 5.97 Å². The molecule has 1 heterocycles. The Hall–Kier alpha value is -2.63. The zero-order valence-electron chi connectivity index (χ0n) is 12.8. The first-order valence-corrected chi connectivity index (χ1v) is 6.91. The molecule has 0 bridgehead atoms. The van der Waals surface area contributed by atoms with E-state index in [0.29, 0.717) is 17.9 Å². The molecule has 6 heteroatoms. The molecule has 2 aromatic rings. The van der Waals surface area contributed by atoms with Gasteiger partial charge in [-0.2, -0.15) is 0 Å². The average Bonchev–Trinajstić information content (AvgIpc) is 2.95. The van der Waals surface area contributed by atoms with Crippen LogP contribution in [0.15, 0.2) is 34.9 Å². The molecule has 1 atom stereocenters. The molecule has 0 spiro atoms. The summed E-state index contributed by atoms with van der Waals surface area (Å²) in [6, 6.07) is 8.86. The molecule has 2 rings (SSSR count). The molecule has 1 aromatic heterocycles. The second-order valence-corrected chi connectivity index (χ2v) is 5.10. The van der Waals surface area contributed by atoms with E-state index in [1.54, 1.807) is 25.1 Å². The summed E-state index contributed by atoms with van der Waals surface area (Å²) in [5, 5.41) is 6.39. The van der Waals surface area contributed by atoms with Crippen LogP contribution in [0.3, 0.4) is 0 Å². The number of carbonyl (C=O) groups excluding carboxylic acids is 2. The molecule has 1 amide bonds. The Morgan fingerprint density at radius 1 is 1.32 bits per heavy atom. The number of benzene rings is 1. The van der Waals surface area contributed by atoms with Gasteiger partial charge in [0.05, 0.1) is 13.0 Å². The molecule has 0 aliphatic rings. The number of ether oxygens (including phenoxy) is 1. The topological polar surface area (TPSA) is 81.4 Å². The number of anilines is 1. The third-order valence-electron chi connectivity index (χ3n) is 3.22. The average molecular weight is 302 g/mol. The smallest absolute Gasteiger partial charge is 0.308 e. The highest BCUT2D eigenvalue weighted by Gasteiger charge is 2.14. The van der Waals surface area contributed by atoms with Crippen LogP contribution in [0.25, 0.3) is 0 Å². The van der Waals surface area contributed by atoms with Crippen LogP contribution < -0.4 is 5.32 Å². The maximum Gasteiger partial charge on any atom is 0.308 e. The lowest BCUT2D eigenvalue weighted by Gasteiger charge is -2.09. The van der Waals surface area contributed by atoms with Gasteiger partial charge in [0, 0.05) is 11.8 Å². The quantitative estimate of drug-likeness (QED) is 0.858. The van der Waals surface area contributed by atoms with E-state index in [1.165, 1.54) is 7.11 Å². The Morgan fingerprint density at radius 2 is 2.00 bits per heavy atom. The number of methoxy groups -OCH3 is 1. The fourth-order valence-electron chi connectivity index (χ4n) is 2.03. The lowest BCUT2D eigenvalue weighted by atomic mass is 10.0. The molecule has 0 unspecified atom stereocenters. The van der Waals surface area contributed by atoms with E-state index >= 15 is 0 Å². The maximum absolute atomic E-state index is 11.9. The highest BCUT2D eigenvalue weighted by molar-refractivity contribution is 6.02. The number of esters is 1. The number of hydrogen-bond acceptors (Lipinski definition) is 5. The second-order valence-electron chi connectivity index (χ2n) is 5.10. The van der Waals surface area contributed by atoms with Crippen LogP contribution in [-0.4, -0.2) is 24.1 Å². The third-order valence-corrected chi connectivity index (χ3v) is 3.22. The van der Waals surface area contributed by atoms with Crippen molar-refractivity contribution in [3.8, 4) is 0 Å². The number of carbonyl (C=O) groups is 2. The van der Waals surface area contributed by atoms with E-state index in [4.69, 9.17) is 9.26 Å². The van der Waals surface area contributed by atoms with Crippen LogP contribution in [0.5, 0.6) is 0 Å². The largest absolute Gasteiger partial charge is 0.469 e. The molecule has 0 radical (unpaired) electrons. The van der Waals surface area contributed by atoms with Gasteiger partial charge in [0.15, 0.2) is 5.69 Å². The van der Waals surface area contributed by atoms with E-state index in [0.717, 1.165) is 5.56 Å². The number of aryl methyl sites for hydroxylation is 1. The van der Waals surface area contributed by atoms with Gasteiger partial charge in [-0.05, 0) is 31.0 Å². The van der Waals surface area contributed by atoms with Crippen LogP contribution in [0.2, 0.25) is 0 Å². The Kier molecular flexibility index (Phi) is 4.93. The molecule has 116 valence electrons. The van der Waals surface area contributed by atoms with Crippen molar-refractivity contribution in [2.75, 3.05) is 12.4 Å². The summed E-state index contributed by atoms with van der Waals surface area (Å²) in [5.74, 6) is -0.188. The van der Waals surface area contributed by atoms with Crippen LogP contribution in [0.4, 0.5) is 5.69 Å². The Labute approximate surface area is 128 Å². The highest BCUT2D eigenvalue weighted by atomic mass is 16.5. The summed E-state index contributed by atoms with van der Waals surface area (Å²) >= 11 is 0. The number of rotatable bonds is 5. The predicted molar refractivity (Wildman–Crippen MR) is 80.5 cm³/mol. The second kappa shape index (κ2) is 6.89. The molecular formula is C16H18N2O4. The van der Waals surface area contributed by atoms with E-state index in [-0.39, 0.29) is 23.5 Å². The van der Waals surface area contributed by atoms with E-state index < -0.39 is 0 Å². The minimum atomic E-state index is -0.326. The first-order valence-electron chi connectivity index (χ1n) is 6.91. The molecule has 1 N–H and O–H groups in total. The van der Waals surface area contributed by atoms with Crippen LogP contribution in [0.1, 0.15) is 28.7 Å². The van der Waals surface area contributed by atoms with E-state index in [1.807, 2.05) is 19.1 Å². The van der Waals surface area contributed by atoms with Crippen molar-refractivity contribution in [3.63, 3.8) is 0 Å². The summed E-state index contributed by atoms with van der Waals surface area (Å²) < 4.78 is 9.56. The van der Waals surface area contributed by atoms with Crippen LogP contribution in [0, 0.1) is 12.8 Å². The number of nitrogens with zero attached hydrogens (tertiary/aromatic N) is 1. The van der Waals surface area contributed by atoms with E-state index in [9.17, 15) is 9.59 Å². The SMILES string of the molecule is COC(=O)[C@@H](C)Cc1ccc(NC(=O)c2cc(C)on2)cc1. The highest BCUT2D eigenvalue weighted by Crippen LogP contribution is 2.15. The predicted octanol–water partition coefficient (Wildman–Crippen LogP) is 2.59. The zero-order chi connectivity index (χ0) is 16.1. The van der Waals surface area contributed by atoms with Crippen LogP contribution in [-0.2, 0) is 16.0 Å². The molecular weight excluding hydrogens is 284 g/mol. The molecule has 0 fully saturated rings. The van der Waals surface area contributed by atoms with Crippen molar-refractivity contribution in [2.45, 2.75) is 20.3 Å². The molecule has 0 aliphatic carbocycles. The number of nitrogens with one attached hydrogen (secondary N) is 1. The summed E-state index contributed by atoms with van der Waals surface area (Å²) in [6.45, 7) is 3.54. The summed E-state index contributed by atoms with van der Waals surface area (Å²) in [7, 11) is 1.38. The van der Waals surface area contributed by atoms with E-state index in [2.05, 4.69) is 10.5 Å². The van der Waals surface area contributed by atoms with Crippen molar-refractivity contribution in [3.05, 3.63) is 47.3 Å². The van der Waals surface area contributed by atoms with Gasteiger partial charge in [0.2, 0.25) is 0 Å².